The monoisotopic (exact) mass is 510 g/mol. The molecule has 0 bridgehead atoms. The summed E-state index contributed by atoms with van der Waals surface area (Å²) in [5.74, 6) is -0.0184. The van der Waals surface area contributed by atoms with Crippen LogP contribution in [-0.4, -0.2) is 87.8 Å². The number of aryl methyl sites for hydroxylation is 2. The smallest absolute Gasteiger partial charge is 0.258 e. The van der Waals surface area contributed by atoms with Crippen LogP contribution in [0.2, 0.25) is 0 Å². The lowest BCUT2D eigenvalue weighted by Crippen LogP contribution is -2.56. The molecule has 2 aromatic rings. The van der Waals surface area contributed by atoms with Gasteiger partial charge in [-0.15, -0.1) is 0 Å². The van der Waals surface area contributed by atoms with Gasteiger partial charge in [-0.05, 0) is 70.5 Å². The Labute approximate surface area is 215 Å². The van der Waals surface area contributed by atoms with Gasteiger partial charge in [-0.2, -0.15) is 0 Å². The Morgan fingerprint density at radius 3 is 2.36 bits per heavy atom. The van der Waals surface area contributed by atoms with Gasteiger partial charge in [-0.3, -0.25) is 29.3 Å². The number of rotatable bonds is 2. The van der Waals surface area contributed by atoms with E-state index in [4.69, 9.17) is 5.73 Å². The minimum absolute atomic E-state index is 0.00321. The number of fused-ring (bicyclic) bond motifs is 2. The second-order valence-electron chi connectivity index (χ2n) is 10.8. The molecule has 2 aromatic heterocycles. The number of hydrogen-bond acceptors (Lipinski definition) is 7. The highest BCUT2D eigenvalue weighted by Gasteiger charge is 2.60. The zero-order valence-electron chi connectivity index (χ0n) is 21.1. The Morgan fingerprint density at radius 2 is 1.69 bits per heavy atom. The highest BCUT2D eigenvalue weighted by atomic mass is 32.1. The van der Waals surface area contributed by atoms with Crippen LogP contribution in [0, 0.1) is 19.3 Å². The van der Waals surface area contributed by atoms with Gasteiger partial charge < -0.3 is 10.6 Å². The van der Waals surface area contributed by atoms with Crippen molar-refractivity contribution in [2.75, 3.05) is 45.0 Å². The fourth-order valence-corrected chi connectivity index (χ4v) is 7.52. The Balaban J connectivity index is 1.15. The molecule has 4 saturated heterocycles. The molecule has 4 aliphatic rings. The summed E-state index contributed by atoms with van der Waals surface area (Å²) in [5, 5.41) is 4.79. The molecule has 0 aliphatic carbocycles. The minimum Gasteiger partial charge on any atom is -0.390 e. The minimum atomic E-state index is -0.914. The third-order valence-corrected chi connectivity index (χ3v) is 9.65. The van der Waals surface area contributed by atoms with Crippen LogP contribution in [0.1, 0.15) is 60.1 Å². The number of piperidine rings is 2. The number of anilines is 1. The van der Waals surface area contributed by atoms with E-state index in [2.05, 4.69) is 9.88 Å². The van der Waals surface area contributed by atoms with Crippen molar-refractivity contribution in [3.63, 3.8) is 0 Å². The lowest BCUT2D eigenvalue weighted by Gasteiger charge is -2.44. The van der Waals surface area contributed by atoms with E-state index >= 15 is 0 Å². The largest absolute Gasteiger partial charge is 0.390 e. The fraction of sp³-hybridized carbons (Fsp3) is 0.615. The van der Waals surface area contributed by atoms with Crippen LogP contribution in [0.3, 0.4) is 0 Å². The van der Waals surface area contributed by atoms with Crippen molar-refractivity contribution in [2.45, 2.75) is 58.4 Å². The van der Waals surface area contributed by atoms with Gasteiger partial charge in [0.05, 0.1) is 5.56 Å². The van der Waals surface area contributed by atoms with Crippen molar-refractivity contribution in [2.24, 2.45) is 5.41 Å². The van der Waals surface area contributed by atoms with Gasteiger partial charge in [0.2, 0.25) is 0 Å². The molecule has 1 spiro atoms. The van der Waals surface area contributed by atoms with E-state index in [9.17, 15) is 14.4 Å². The van der Waals surface area contributed by atoms with E-state index in [1.54, 1.807) is 10.0 Å². The SMILES string of the molecule is Cc1cc2c(C(=O)N3CCC(N4CCCC5(C4)C(=O)N4CCCCN4C5=O)CC3)c(N)sc2nc1C. The van der Waals surface area contributed by atoms with E-state index in [-0.39, 0.29) is 23.8 Å². The van der Waals surface area contributed by atoms with Gasteiger partial charge in [0, 0.05) is 49.8 Å². The van der Waals surface area contributed by atoms with Crippen LogP contribution in [0.5, 0.6) is 0 Å². The molecule has 6 rings (SSSR count). The Hall–Kier alpha value is -2.72. The number of carbonyl (C=O) groups is 3. The van der Waals surface area contributed by atoms with Crippen molar-refractivity contribution >= 4 is 44.3 Å². The second-order valence-corrected chi connectivity index (χ2v) is 11.9. The highest BCUT2D eigenvalue weighted by Crippen LogP contribution is 2.42. The Bertz CT molecular complexity index is 1230. The lowest BCUT2D eigenvalue weighted by molar-refractivity contribution is -0.150. The molecular weight excluding hydrogens is 476 g/mol. The number of nitrogen functional groups attached to an aromatic ring is 1. The zero-order valence-corrected chi connectivity index (χ0v) is 21.9. The maximum atomic E-state index is 13.5. The van der Waals surface area contributed by atoms with Crippen LogP contribution in [0.25, 0.3) is 10.2 Å². The number of nitrogens with zero attached hydrogens (tertiary/aromatic N) is 5. The van der Waals surface area contributed by atoms with Crippen molar-refractivity contribution in [1.82, 2.24) is 24.8 Å². The van der Waals surface area contributed by atoms with Gasteiger partial charge in [0.15, 0.2) is 0 Å². The summed E-state index contributed by atoms with van der Waals surface area (Å²) in [6.45, 7) is 7.96. The molecule has 9 nitrogen and oxygen atoms in total. The number of hydrogen-bond donors (Lipinski definition) is 1. The third-order valence-electron chi connectivity index (χ3n) is 8.73. The van der Waals surface area contributed by atoms with Crippen molar-refractivity contribution in [1.29, 1.82) is 0 Å². The van der Waals surface area contributed by atoms with E-state index in [0.29, 0.717) is 49.7 Å². The summed E-state index contributed by atoms with van der Waals surface area (Å²) in [6, 6.07) is 2.29. The molecular formula is C26H34N6O3S. The first-order chi connectivity index (χ1) is 17.3. The van der Waals surface area contributed by atoms with E-state index in [1.807, 2.05) is 24.8 Å². The fourth-order valence-electron chi connectivity index (χ4n) is 6.56. The number of nitrogens with two attached hydrogens (primary N) is 1. The number of hydrazine groups is 1. The number of pyridine rings is 1. The first-order valence-electron chi connectivity index (χ1n) is 13.1. The van der Waals surface area contributed by atoms with Crippen LogP contribution in [0.15, 0.2) is 6.07 Å². The Kier molecular flexibility index (Phi) is 5.71. The number of amides is 3. The molecule has 2 N–H and O–H groups in total. The summed E-state index contributed by atoms with van der Waals surface area (Å²) >= 11 is 1.38. The second kappa shape index (κ2) is 8.69. The maximum absolute atomic E-state index is 13.5. The van der Waals surface area contributed by atoms with Crippen LogP contribution >= 0.6 is 11.3 Å². The quantitative estimate of drug-likeness (QED) is 0.623. The summed E-state index contributed by atoms with van der Waals surface area (Å²) in [7, 11) is 0. The Morgan fingerprint density at radius 1 is 1.03 bits per heavy atom. The summed E-state index contributed by atoms with van der Waals surface area (Å²) in [6.07, 6.45) is 5.07. The average molecular weight is 511 g/mol. The average Bonchev–Trinajstić information content (AvgIpc) is 3.30. The summed E-state index contributed by atoms with van der Waals surface area (Å²) < 4.78 is 0. The topological polar surface area (TPSA) is 103 Å². The van der Waals surface area contributed by atoms with E-state index < -0.39 is 5.41 Å². The molecule has 3 amide bonds. The summed E-state index contributed by atoms with van der Waals surface area (Å²) in [4.78, 5) is 50.0. The van der Waals surface area contributed by atoms with Crippen LogP contribution in [0.4, 0.5) is 5.00 Å². The zero-order chi connectivity index (χ0) is 25.2. The number of likely N-dealkylation sites (tertiary alicyclic amines) is 2. The molecule has 0 atom stereocenters. The number of carbonyl (C=O) groups excluding carboxylic acids is 3. The molecule has 0 aromatic carbocycles. The highest BCUT2D eigenvalue weighted by molar-refractivity contribution is 7.22. The van der Waals surface area contributed by atoms with Crippen LogP contribution < -0.4 is 5.73 Å². The predicted octanol–water partition coefficient (Wildman–Crippen LogP) is 2.56. The van der Waals surface area contributed by atoms with Gasteiger partial charge >= 0.3 is 0 Å². The maximum Gasteiger partial charge on any atom is 0.258 e. The van der Waals surface area contributed by atoms with Gasteiger partial charge in [-0.1, -0.05) is 11.3 Å². The standard InChI is InChI=1S/C26H34N6O3S/c1-16-14-19-20(21(27)36-22(19)28-17(16)2)23(33)29-12-6-18(7-13-29)30-9-5-8-26(15-30)24(34)31-10-3-4-11-32(31)25(26)35/h14,18H,3-13,15,27H2,1-2H3. The van der Waals surface area contributed by atoms with Crippen molar-refractivity contribution < 1.29 is 14.4 Å². The predicted molar refractivity (Wildman–Crippen MR) is 138 cm³/mol. The first-order valence-corrected chi connectivity index (χ1v) is 14.0. The van der Waals surface area contributed by atoms with Crippen molar-refractivity contribution in [3.8, 4) is 0 Å². The van der Waals surface area contributed by atoms with E-state index in [0.717, 1.165) is 60.1 Å². The number of thiophene rings is 1. The lowest BCUT2D eigenvalue weighted by atomic mass is 9.78. The molecule has 0 unspecified atom stereocenters. The molecule has 0 saturated carbocycles. The molecule has 4 aliphatic heterocycles. The molecule has 0 radical (unpaired) electrons. The molecule has 4 fully saturated rings. The van der Waals surface area contributed by atoms with Gasteiger partial charge in [0.25, 0.3) is 17.7 Å². The third kappa shape index (κ3) is 3.52. The number of aromatic nitrogens is 1. The first kappa shape index (κ1) is 23.7. The molecule has 10 heteroatoms. The molecule has 192 valence electrons. The molecule has 36 heavy (non-hydrogen) atoms. The summed E-state index contributed by atoms with van der Waals surface area (Å²) in [5.41, 5.74) is 7.97. The van der Waals surface area contributed by atoms with Crippen LogP contribution in [-0.2, 0) is 9.59 Å². The van der Waals surface area contributed by atoms with Crippen molar-refractivity contribution in [3.05, 3.63) is 22.9 Å². The molecule has 6 heterocycles. The van der Waals surface area contributed by atoms with Gasteiger partial charge in [0.1, 0.15) is 15.2 Å². The normalized spacial score (nSPS) is 23.2. The van der Waals surface area contributed by atoms with Gasteiger partial charge in [-0.25, -0.2) is 4.98 Å². The van der Waals surface area contributed by atoms with E-state index in [1.165, 1.54) is 11.3 Å².